The van der Waals surface area contributed by atoms with Crippen molar-refractivity contribution < 1.29 is 0 Å². The molecule has 0 aromatic carbocycles. The second kappa shape index (κ2) is 5.29. The van der Waals surface area contributed by atoms with E-state index in [4.69, 9.17) is 0 Å². The Morgan fingerprint density at radius 3 is 2.85 bits per heavy atom. The van der Waals surface area contributed by atoms with E-state index in [9.17, 15) is 0 Å². The Kier molecular flexibility index (Phi) is 4.32. The molecule has 4 heteroatoms. The summed E-state index contributed by atoms with van der Waals surface area (Å²) in [5, 5.41) is 10.2. The first-order valence-corrected chi connectivity index (χ1v) is 6.11. The van der Waals surface area contributed by atoms with E-state index in [0.717, 1.165) is 15.8 Å². The average molecular weight is 212 g/mol. The number of nitrogens with zero attached hydrogens (tertiary/aromatic N) is 2. The van der Waals surface area contributed by atoms with E-state index in [0.29, 0.717) is 0 Å². The SMILES string of the molecule is C=CCSc1nnc(SC)cc1C. The molecule has 13 heavy (non-hydrogen) atoms. The average Bonchev–Trinajstić information content (AvgIpc) is 2.16. The largest absolute Gasteiger partial charge is 0.143 e. The zero-order valence-electron chi connectivity index (χ0n) is 7.78. The summed E-state index contributed by atoms with van der Waals surface area (Å²) in [6.07, 6.45) is 3.87. The molecule has 1 rings (SSSR count). The maximum atomic E-state index is 4.13. The Hall–Kier alpha value is -0.480. The van der Waals surface area contributed by atoms with Crippen LogP contribution in [0.15, 0.2) is 28.8 Å². The van der Waals surface area contributed by atoms with Crippen molar-refractivity contribution in [1.82, 2.24) is 10.2 Å². The van der Waals surface area contributed by atoms with Crippen LogP contribution < -0.4 is 0 Å². The zero-order valence-corrected chi connectivity index (χ0v) is 9.41. The molecule has 0 aliphatic rings. The number of rotatable bonds is 4. The van der Waals surface area contributed by atoms with Crippen LogP contribution in [-0.2, 0) is 0 Å². The third kappa shape index (κ3) is 3.04. The third-order valence-electron chi connectivity index (χ3n) is 1.46. The van der Waals surface area contributed by atoms with Crippen molar-refractivity contribution in [3.8, 4) is 0 Å². The Balaban J connectivity index is 2.78. The number of aryl methyl sites for hydroxylation is 1. The second-order valence-corrected chi connectivity index (χ2v) is 4.31. The maximum Gasteiger partial charge on any atom is 0.122 e. The molecule has 0 saturated carbocycles. The summed E-state index contributed by atoms with van der Waals surface area (Å²) in [7, 11) is 0. The first-order chi connectivity index (χ1) is 6.27. The van der Waals surface area contributed by atoms with Gasteiger partial charge < -0.3 is 0 Å². The molecule has 1 aromatic rings. The highest BCUT2D eigenvalue weighted by atomic mass is 32.2. The monoisotopic (exact) mass is 212 g/mol. The fourth-order valence-electron chi connectivity index (χ4n) is 0.830. The van der Waals surface area contributed by atoms with Crippen LogP contribution in [0, 0.1) is 6.92 Å². The minimum Gasteiger partial charge on any atom is -0.143 e. The lowest BCUT2D eigenvalue weighted by Crippen LogP contribution is -1.91. The first-order valence-electron chi connectivity index (χ1n) is 3.90. The molecule has 0 aliphatic heterocycles. The summed E-state index contributed by atoms with van der Waals surface area (Å²) in [6.45, 7) is 5.72. The maximum absolute atomic E-state index is 4.13. The molecule has 0 radical (unpaired) electrons. The van der Waals surface area contributed by atoms with Crippen LogP contribution in [0.3, 0.4) is 0 Å². The van der Waals surface area contributed by atoms with Gasteiger partial charge in [-0.05, 0) is 24.8 Å². The van der Waals surface area contributed by atoms with Crippen LogP contribution >= 0.6 is 23.5 Å². The lowest BCUT2D eigenvalue weighted by atomic mass is 10.4. The zero-order chi connectivity index (χ0) is 9.68. The molecular weight excluding hydrogens is 200 g/mol. The minimum atomic E-state index is 0.883. The van der Waals surface area contributed by atoms with Gasteiger partial charge in [0, 0.05) is 5.75 Å². The molecule has 1 heterocycles. The smallest absolute Gasteiger partial charge is 0.122 e. The van der Waals surface area contributed by atoms with E-state index in [-0.39, 0.29) is 0 Å². The molecule has 0 spiro atoms. The van der Waals surface area contributed by atoms with Crippen LogP contribution in [0.1, 0.15) is 5.56 Å². The standard InChI is InChI=1S/C9H12N2S2/c1-4-5-13-9-7(2)6-8(12-3)10-11-9/h4,6H,1,5H2,2-3H3. The van der Waals surface area contributed by atoms with Crippen LogP contribution in [0.4, 0.5) is 0 Å². The summed E-state index contributed by atoms with van der Waals surface area (Å²) < 4.78 is 0. The van der Waals surface area contributed by atoms with Crippen LogP contribution in [0.25, 0.3) is 0 Å². The molecule has 0 amide bonds. The van der Waals surface area contributed by atoms with E-state index in [1.54, 1.807) is 23.5 Å². The van der Waals surface area contributed by atoms with Gasteiger partial charge in [-0.1, -0.05) is 6.08 Å². The van der Waals surface area contributed by atoms with Crippen LogP contribution in [-0.4, -0.2) is 22.2 Å². The normalized spacial score (nSPS) is 10.0. The van der Waals surface area contributed by atoms with Crippen molar-refractivity contribution in [3.63, 3.8) is 0 Å². The molecule has 0 saturated heterocycles. The molecule has 2 nitrogen and oxygen atoms in total. The summed E-state index contributed by atoms with van der Waals surface area (Å²) in [6, 6.07) is 2.06. The molecule has 0 unspecified atom stereocenters. The topological polar surface area (TPSA) is 25.8 Å². The summed E-state index contributed by atoms with van der Waals surface area (Å²) in [5.74, 6) is 0.883. The first kappa shape index (κ1) is 10.6. The van der Waals surface area contributed by atoms with E-state index in [1.165, 1.54) is 5.56 Å². The minimum absolute atomic E-state index is 0.883. The van der Waals surface area contributed by atoms with E-state index in [2.05, 4.69) is 29.8 Å². The lowest BCUT2D eigenvalue weighted by Gasteiger charge is -2.02. The third-order valence-corrected chi connectivity index (χ3v) is 3.16. The highest BCUT2D eigenvalue weighted by Gasteiger charge is 2.01. The number of hydrogen-bond acceptors (Lipinski definition) is 4. The quantitative estimate of drug-likeness (QED) is 0.566. The van der Waals surface area contributed by atoms with Gasteiger partial charge in [0.05, 0.1) is 0 Å². The fourth-order valence-corrected chi connectivity index (χ4v) is 1.91. The molecule has 0 N–H and O–H groups in total. The Bertz CT molecular complexity index is 300. The van der Waals surface area contributed by atoms with Gasteiger partial charge in [0.2, 0.25) is 0 Å². The molecule has 0 fully saturated rings. The van der Waals surface area contributed by atoms with Gasteiger partial charge in [0.25, 0.3) is 0 Å². The van der Waals surface area contributed by atoms with Crippen molar-refractivity contribution in [1.29, 1.82) is 0 Å². The van der Waals surface area contributed by atoms with Gasteiger partial charge >= 0.3 is 0 Å². The lowest BCUT2D eigenvalue weighted by molar-refractivity contribution is 0.837. The van der Waals surface area contributed by atoms with Gasteiger partial charge in [0.1, 0.15) is 10.1 Å². The highest BCUT2D eigenvalue weighted by Crippen LogP contribution is 2.21. The van der Waals surface area contributed by atoms with Gasteiger partial charge in [-0.25, -0.2) is 0 Å². The summed E-state index contributed by atoms with van der Waals surface area (Å²) in [5.41, 5.74) is 1.19. The predicted molar refractivity (Wildman–Crippen MR) is 59.5 cm³/mol. The van der Waals surface area contributed by atoms with Gasteiger partial charge in [-0.2, -0.15) is 0 Å². The Labute approximate surface area is 87.2 Å². The van der Waals surface area contributed by atoms with Crippen molar-refractivity contribution in [2.24, 2.45) is 0 Å². The van der Waals surface area contributed by atoms with Crippen LogP contribution in [0.5, 0.6) is 0 Å². The van der Waals surface area contributed by atoms with Gasteiger partial charge in [-0.15, -0.1) is 40.3 Å². The number of thioether (sulfide) groups is 2. The molecule has 1 aromatic heterocycles. The fraction of sp³-hybridized carbons (Fsp3) is 0.333. The van der Waals surface area contributed by atoms with Gasteiger partial charge in [-0.3, -0.25) is 0 Å². The van der Waals surface area contributed by atoms with Crippen LogP contribution in [0.2, 0.25) is 0 Å². The van der Waals surface area contributed by atoms with Crippen molar-refractivity contribution in [2.45, 2.75) is 17.0 Å². The van der Waals surface area contributed by atoms with Crippen molar-refractivity contribution in [2.75, 3.05) is 12.0 Å². The molecule has 70 valence electrons. The molecule has 0 aliphatic carbocycles. The van der Waals surface area contributed by atoms with E-state index >= 15 is 0 Å². The van der Waals surface area contributed by atoms with Gasteiger partial charge in [0.15, 0.2) is 0 Å². The van der Waals surface area contributed by atoms with Crippen molar-refractivity contribution in [3.05, 3.63) is 24.3 Å². The number of aromatic nitrogens is 2. The van der Waals surface area contributed by atoms with Crippen molar-refractivity contribution >= 4 is 23.5 Å². The Morgan fingerprint density at radius 2 is 2.31 bits per heavy atom. The molecule has 0 atom stereocenters. The molecule has 0 bridgehead atoms. The summed E-state index contributed by atoms with van der Waals surface area (Å²) >= 11 is 3.28. The predicted octanol–water partition coefficient (Wildman–Crippen LogP) is 2.79. The number of hydrogen-bond donors (Lipinski definition) is 0. The Morgan fingerprint density at radius 1 is 1.54 bits per heavy atom. The second-order valence-electron chi connectivity index (χ2n) is 2.47. The molecular formula is C9H12N2S2. The highest BCUT2D eigenvalue weighted by molar-refractivity contribution is 7.99. The van der Waals surface area contributed by atoms with E-state index < -0.39 is 0 Å². The van der Waals surface area contributed by atoms with E-state index in [1.807, 2.05) is 12.3 Å². The summed E-state index contributed by atoms with van der Waals surface area (Å²) in [4.78, 5) is 0.